The van der Waals surface area contributed by atoms with Crippen LogP contribution in [0.15, 0.2) is 41.3 Å². The first kappa shape index (κ1) is 15.4. The molecule has 0 bridgehead atoms. The van der Waals surface area contributed by atoms with Crippen LogP contribution in [0, 0.1) is 5.82 Å². The summed E-state index contributed by atoms with van der Waals surface area (Å²) in [6.45, 7) is 0. The van der Waals surface area contributed by atoms with E-state index in [1.807, 2.05) is 0 Å². The Bertz CT molecular complexity index is 763. The molecule has 0 fully saturated rings. The Balaban J connectivity index is 2.32. The van der Waals surface area contributed by atoms with Crippen LogP contribution in [-0.2, 0) is 9.05 Å². The highest BCUT2D eigenvalue weighted by atomic mass is 35.7. The number of hydrogen-bond donors (Lipinski definition) is 0. The first-order valence-corrected chi connectivity index (χ1v) is 8.21. The summed E-state index contributed by atoms with van der Waals surface area (Å²) in [6.07, 6.45) is 0. The summed E-state index contributed by atoms with van der Waals surface area (Å²) < 4.78 is 40.7. The van der Waals surface area contributed by atoms with Gasteiger partial charge in [-0.1, -0.05) is 23.2 Å². The Morgan fingerprint density at radius 1 is 1.00 bits per heavy atom. The van der Waals surface area contributed by atoms with E-state index < -0.39 is 14.9 Å². The minimum Gasteiger partial charge on any atom is -0.456 e. The van der Waals surface area contributed by atoms with E-state index in [0.717, 1.165) is 12.1 Å². The van der Waals surface area contributed by atoms with E-state index in [0.29, 0.717) is 0 Å². The molecule has 0 aromatic heterocycles. The predicted octanol–water partition coefficient (Wildman–Crippen LogP) is 4.85. The third-order valence-corrected chi connectivity index (χ3v) is 4.24. The maximum absolute atomic E-state index is 13.0. The van der Waals surface area contributed by atoms with E-state index in [2.05, 4.69) is 0 Å². The van der Waals surface area contributed by atoms with Crippen LogP contribution < -0.4 is 4.74 Å². The zero-order chi connectivity index (χ0) is 14.9. The second-order valence-electron chi connectivity index (χ2n) is 3.71. The molecule has 2 aromatic carbocycles. The van der Waals surface area contributed by atoms with Crippen molar-refractivity contribution < 1.29 is 17.5 Å². The first-order valence-electron chi connectivity index (χ1n) is 5.14. The lowest BCUT2D eigenvalue weighted by Crippen LogP contribution is -1.92. The fourth-order valence-electron chi connectivity index (χ4n) is 1.38. The van der Waals surface area contributed by atoms with Crippen molar-refractivity contribution in [2.24, 2.45) is 0 Å². The topological polar surface area (TPSA) is 43.4 Å². The van der Waals surface area contributed by atoms with Gasteiger partial charge in [0, 0.05) is 16.7 Å². The van der Waals surface area contributed by atoms with Gasteiger partial charge >= 0.3 is 0 Å². The quantitative estimate of drug-likeness (QED) is 0.739. The Labute approximate surface area is 129 Å². The molecule has 0 radical (unpaired) electrons. The Kier molecular flexibility index (Phi) is 4.44. The summed E-state index contributed by atoms with van der Waals surface area (Å²) in [7, 11) is 1.33. The third-order valence-electron chi connectivity index (χ3n) is 2.30. The van der Waals surface area contributed by atoms with Crippen LogP contribution in [0.25, 0.3) is 0 Å². The molecule has 0 N–H and O–H groups in total. The van der Waals surface area contributed by atoms with Crippen molar-refractivity contribution in [1.29, 1.82) is 0 Å². The molecule has 0 atom stereocenters. The molecule has 2 aromatic rings. The summed E-state index contributed by atoms with van der Waals surface area (Å²) in [4.78, 5) is -0.145. The van der Waals surface area contributed by atoms with Crippen molar-refractivity contribution in [1.82, 2.24) is 0 Å². The van der Waals surface area contributed by atoms with E-state index in [1.54, 1.807) is 0 Å². The van der Waals surface area contributed by atoms with Gasteiger partial charge in [-0.3, -0.25) is 0 Å². The van der Waals surface area contributed by atoms with Crippen LogP contribution in [0.1, 0.15) is 0 Å². The summed E-state index contributed by atoms with van der Waals surface area (Å²) >= 11 is 11.5. The fraction of sp³-hybridized carbons (Fsp3) is 0. The molecule has 0 amide bonds. The second kappa shape index (κ2) is 5.77. The maximum Gasteiger partial charge on any atom is 0.261 e. The van der Waals surface area contributed by atoms with Crippen molar-refractivity contribution in [2.75, 3.05) is 0 Å². The van der Waals surface area contributed by atoms with E-state index >= 15 is 0 Å². The molecule has 0 spiro atoms. The lowest BCUT2D eigenvalue weighted by Gasteiger charge is -2.08. The van der Waals surface area contributed by atoms with Crippen molar-refractivity contribution in [2.45, 2.75) is 4.90 Å². The molecule has 0 saturated heterocycles. The van der Waals surface area contributed by atoms with Crippen molar-refractivity contribution in [3.8, 4) is 11.5 Å². The molecule has 106 valence electrons. The van der Waals surface area contributed by atoms with Gasteiger partial charge in [0.2, 0.25) is 0 Å². The zero-order valence-electron chi connectivity index (χ0n) is 9.61. The average Bonchev–Trinajstić information content (AvgIpc) is 2.35. The van der Waals surface area contributed by atoms with Gasteiger partial charge in [0.15, 0.2) is 0 Å². The highest BCUT2D eigenvalue weighted by Crippen LogP contribution is 2.33. The molecular weight excluding hydrogens is 350 g/mol. The summed E-state index contributed by atoms with van der Waals surface area (Å²) in [6, 6.07) is 7.53. The van der Waals surface area contributed by atoms with Crippen LogP contribution >= 0.6 is 33.9 Å². The molecule has 3 nitrogen and oxygen atoms in total. The number of ether oxygens (including phenoxy) is 1. The third kappa shape index (κ3) is 3.55. The van der Waals surface area contributed by atoms with Gasteiger partial charge < -0.3 is 4.74 Å². The zero-order valence-corrected chi connectivity index (χ0v) is 12.7. The molecule has 0 saturated carbocycles. The molecule has 0 aliphatic carbocycles. The number of halogens is 4. The molecule has 2 rings (SSSR count). The van der Waals surface area contributed by atoms with Crippen LogP contribution in [0.4, 0.5) is 4.39 Å². The average molecular weight is 356 g/mol. The molecule has 0 unspecified atom stereocenters. The highest BCUT2D eigenvalue weighted by molar-refractivity contribution is 8.13. The van der Waals surface area contributed by atoms with Gasteiger partial charge in [0.05, 0.1) is 14.9 Å². The van der Waals surface area contributed by atoms with E-state index in [-0.39, 0.29) is 26.4 Å². The molecule has 8 heteroatoms. The highest BCUT2D eigenvalue weighted by Gasteiger charge is 2.13. The smallest absolute Gasteiger partial charge is 0.261 e. The molecule has 20 heavy (non-hydrogen) atoms. The lowest BCUT2D eigenvalue weighted by atomic mass is 10.3. The lowest BCUT2D eigenvalue weighted by molar-refractivity contribution is 0.480. The number of hydrogen-bond acceptors (Lipinski definition) is 3. The molecular formula is C12H6Cl3FO3S. The molecule has 0 aliphatic heterocycles. The van der Waals surface area contributed by atoms with Crippen LogP contribution in [-0.4, -0.2) is 8.42 Å². The predicted molar refractivity (Wildman–Crippen MR) is 76.0 cm³/mol. The van der Waals surface area contributed by atoms with Crippen LogP contribution in [0.2, 0.25) is 10.0 Å². The van der Waals surface area contributed by atoms with Gasteiger partial charge in [-0.05, 0) is 30.3 Å². The van der Waals surface area contributed by atoms with Crippen molar-refractivity contribution in [3.05, 3.63) is 52.3 Å². The van der Waals surface area contributed by atoms with Gasteiger partial charge in [0.25, 0.3) is 9.05 Å². The van der Waals surface area contributed by atoms with E-state index in [9.17, 15) is 12.8 Å². The summed E-state index contributed by atoms with van der Waals surface area (Å²) in [5.41, 5.74) is 0. The van der Waals surface area contributed by atoms with Crippen molar-refractivity contribution in [3.63, 3.8) is 0 Å². The van der Waals surface area contributed by atoms with Gasteiger partial charge in [-0.2, -0.15) is 0 Å². The van der Waals surface area contributed by atoms with E-state index in [1.165, 1.54) is 24.3 Å². The largest absolute Gasteiger partial charge is 0.456 e. The first-order chi connectivity index (χ1) is 9.27. The number of benzene rings is 2. The SMILES string of the molecule is O=S(=O)(Cl)c1ccc(Oc2ccc(F)c(Cl)c2)c(Cl)c1. The number of rotatable bonds is 3. The monoisotopic (exact) mass is 354 g/mol. The fourth-order valence-corrected chi connectivity index (χ4v) is 2.61. The standard InChI is InChI=1S/C12H6Cl3FO3S/c13-9-5-7(1-3-11(9)16)19-12-4-2-8(6-10(12)14)20(15,17)18/h1-6H. The van der Waals surface area contributed by atoms with Crippen LogP contribution in [0.3, 0.4) is 0 Å². The van der Waals surface area contributed by atoms with E-state index in [4.69, 9.17) is 38.6 Å². The van der Waals surface area contributed by atoms with Crippen molar-refractivity contribution >= 4 is 42.9 Å². The molecule has 0 aliphatic rings. The van der Waals surface area contributed by atoms with Gasteiger partial charge in [0.1, 0.15) is 17.3 Å². The normalized spacial score (nSPS) is 11.4. The minimum absolute atomic E-state index is 0.0483. The summed E-state index contributed by atoms with van der Waals surface area (Å²) in [5, 5.41) is -0.0502. The van der Waals surface area contributed by atoms with Gasteiger partial charge in [-0.25, -0.2) is 12.8 Å². The minimum atomic E-state index is -3.87. The van der Waals surface area contributed by atoms with Crippen LogP contribution in [0.5, 0.6) is 11.5 Å². The summed E-state index contributed by atoms with van der Waals surface area (Å²) in [5.74, 6) is -0.119. The Hall–Kier alpha value is -1.01. The Morgan fingerprint density at radius 2 is 1.70 bits per heavy atom. The van der Waals surface area contributed by atoms with Gasteiger partial charge in [-0.15, -0.1) is 0 Å². The Morgan fingerprint density at radius 3 is 2.25 bits per heavy atom. The maximum atomic E-state index is 13.0. The molecule has 0 heterocycles. The second-order valence-corrected chi connectivity index (χ2v) is 7.09.